The minimum atomic E-state index is 0.0757. The Kier molecular flexibility index (Phi) is 8.23. The van der Waals surface area contributed by atoms with Gasteiger partial charge in [0, 0.05) is 19.2 Å². The lowest BCUT2D eigenvalue weighted by Gasteiger charge is -2.07. The van der Waals surface area contributed by atoms with E-state index in [1.165, 1.54) is 0 Å². The fourth-order valence-electron chi connectivity index (χ4n) is 3.49. The van der Waals surface area contributed by atoms with Crippen LogP contribution < -0.4 is 9.47 Å². The van der Waals surface area contributed by atoms with Gasteiger partial charge in [-0.25, -0.2) is 19.9 Å². The van der Waals surface area contributed by atoms with Gasteiger partial charge in [0.25, 0.3) is 0 Å². The summed E-state index contributed by atoms with van der Waals surface area (Å²) in [6.07, 6.45) is 11.0. The number of halogens is 4. The Labute approximate surface area is 236 Å². The van der Waals surface area contributed by atoms with Gasteiger partial charge in [-0.3, -0.25) is 0 Å². The molecule has 0 bridgehead atoms. The highest BCUT2D eigenvalue weighted by atomic mass is 35.5. The van der Waals surface area contributed by atoms with Crippen molar-refractivity contribution in [3.63, 3.8) is 0 Å². The molecule has 1 aromatic carbocycles. The van der Waals surface area contributed by atoms with E-state index < -0.39 is 0 Å². The van der Waals surface area contributed by atoms with E-state index >= 15 is 0 Å². The lowest BCUT2D eigenvalue weighted by Crippen LogP contribution is -1.99. The summed E-state index contributed by atoms with van der Waals surface area (Å²) >= 11 is 23.9. The van der Waals surface area contributed by atoms with Crippen molar-refractivity contribution in [2.75, 3.05) is 13.2 Å². The van der Waals surface area contributed by atoms with E-state index in [0.29, 0.717) is 60.1 Å². The van der Waals surface area contributed by atoms with Crippen LogP contribution in [-0.4, -0.2) is 52.3 Å². The zero-order valence-electron chi connectivity index (χ0n) is 19.5. The highest BCUT2D eigenvalue weighted by molar-refractivity contribution is 6.35. The molecular weight excluding hydrogens is 574 g/mol. The molecular formula is C24H18Cl4N8O2. The number of hydrogen-bond acceptors (Lipinski definition) is 8. The Bertz CT molecular complexity index is 1530. The first kappa shape index (κ1) is 26.2. The lowest BCUT2D eigenvalue weighted by atomic mass is 10.3. The second-order valence-electron chi connectivity index (χ2n) is 7.74. The first-order valence-corrected chi connectivity index (χ1v) is 12.7. The molecule has 0 N–H and O–H groups in total. The van der Waals surface area contributed by atoms with Gasteiger partial charge < -0.3 is 18.6 Å². The number of imidazole rings is 2. The highest BCUT2D eigenvalue weighted by Crippen LogP contribution is 2.22. The van der Waals surface area contributed by atoms with Crippen LogP contribution in [0.2, 0.25) is 20.9 Å². The van der Waals surface area contributed by atoms with E-state index in [4.69, 9.17) is 55.9 Å². The number of allylic oxidation sites excluding steroid dienone is 2. The Balaban J connectivity index is 1.09. The minimum Gasteiger partial charge on any atom is -0.489 e. The average molecular weight is 592 g/mol. The standard InChI is InChI=1S/C24H18Cl4N8O2/c25-19-17-21(33-23(27)31-19)35(13-29-17)8-1-3-10-37-15-6-5-7-16(12-15)38-11-4-2-9-36-14-30-18-20(26)32-24(28)34-22(18)36/h1-7,12-14H,8-11H2/b3-1-,4-2-. The molecule has 0 aliphatic heterocycles. The fourth-order valence-corrected chi connectivity index (χ4v) is 4.33. The predicted molar refractivity (Wildman–Crippen MR) is 146 cm³/mol. The number of benzene rings is 1. The number of rotatable bonds is 10. The quantitative estimate of drug-likeness (QED) is 0.113. The molecule has 0 fully saturated rings. The monoisotopic (exact) mass is 590 g/mol. The third-order valence-electron chi connectivity index (χ3n) is 5.22. The second kappa shape index (κ2) is 12.0. The molecule has 0 amide bonds. The highest BCUT2D eigenvalue weighted by Gasteiger charge is 2.11. The van der Waals surface area contributed by atoms with Crippen molar-refractivity contribution in [2.45, 2.75) is 13.1 Å². The maximum absolute atomic E-state index is 6.06. The minimum absolute atomic E-state index is 0.0757. The Morgan fingerprint density at radius 2 is 1.13 bits per heavy atom. The number of nitrogens with zero attached hydrogens (tertiary/aromatic N) is 8. The summed E-state index contributed by atoms with van der Waals surface area (Å²) in [5.41, 5.74) is 2.15. The average Bonchev–Trinajstić information content (AvgIpc) is 3.48. The number of fused-ring (bicyclic) bond motifs is 2. The summed E-state index contributed by atoms with van der Waals surface area (Å²) in [6.45, 7) is 1.81. The van der Waals surface area contributed by atoms with Gasteiger partial charge in [-0.1, -0.05) is 41.4 Å². The number of ether oxygens (including phenoxy) is 2. The topological polar surface area (TPSA) is 106 Å². The zero-order chi connectivity index (χ0) is 26.5. The molecule has 38 heavy (non-hydrogen) atoms. The normalized spacial score (nSPS) is 11.9. The molecule has 10 nitrogen and oxygen atoms in total. The lowest BCUT2D eigenvalue weighted by molar-refractivity contribution is 0.344. The van der Waals surface area contributed by atoms with Gasteiger partial charge in [0.1, 0.15) is 35.7 Å². The van der Waals surface area contributed by atoms with Gasteiger partial charge in [0.2, 0.25) is 10.6 Å². The third kappa shape index (κ3) is 6.16. The SMILES string of the molecule is Clc1nc(Cl)c2ncn(C/C=C\COc3cccc(OC/C=C\Cn4cnc5c(Cl)nc(Cl)nc54)c3)c2n1. The first-order chi connectivity index (χ1) is 18.5. The molecule has 0 aliphatic carbocycles. The molecule has 0 radical (unpaired) electrons. The molecule has 0 saturated carbocycles. The first-order valence-electron chi connectivity index (χ1n) is 11.2. The molecule has 0 unspecified atom stereocenters. The summed E-state index contributed by atoms with van der Waals surface area (Å²) < 4.78 is 15.3. The second-order valence-corrected chi connectivity index (χ2v) is 9.14. The third-order valence-corrected chi connectivity index (χ3v) is 6.09. The summed E-state index contributed by atoms with van der Waals surface area (Å²) in [7, 11) is 0. The van der Waals surface area contributed by atoms with Crippen LogP contribution in [0.15, 0.2) is 61.2 Å². The van der Waals surface area contributed by atoms with Crippen molar-refractivity contribution in [1.82, 2.24) is 39.0 Å². The van der Waals surface area contributed by atoms with Crippen LogP contribution >= 0.6 is 46.4 Å². The Morgan fingerprint density at radius 1 is 0.658 bits per heavy atom. The van der Waals surface area contributed by atoms with Crippen LogP contribution in [0.25, 0.3) is 22.3 Å². The number of aromatic nitrogens is 8. The van der Waals surface area contributed by atoms with Crippen LogP contribution in [0.5, 0.6) is 11.5 Å². The van der Waals surface area contributed by atoms with Gasteiger partial charge in [-0.15, -0.1) is 0 Å². The predicted octanol–water partition coefficient (Wildman–Crippen LogP) is 5.85. The fraction of sp³-hybridized carbons (Fsp3) is 0.167. The van der Waals surface area contributed by atoms with Crippen molar-refractivity contribution >= 4 is 68.7 Å². The Hall–Kier alpha value is -3.44. The maximum Gasteiger partial charge on any atom is 0.225 e. The summed E-state index contributed by atoms with van der Waals surface area (Å²) in [5.74, 6) is 1.38. The summed E-state index contributed by atoms with van der Waals surface area (Å²) in [6, 6.07) is 7.43. The van der Waals surface area contributed by atoms with Gasteiger partial charge in [0.05, 0.1) is 12.7 Å². The van der Waals surface area contributed by atoms with E-state index in [0.717, 1.165) is 0 Å². The smallest absolute Gasteiger partial charge is 0.225 e. The molecule has 5 rings (SSSR count). The summed E-state index contributed by atoms with van der Waals surface area (Å²) in [4.78, 5) is 24.6. The number of hydrogen-bond donors (Lipinski definition) is 0. The van der Waals surface area contributed by atoms with Crippen molar-refractivity contribution in [3.05, 3.63) is 82.1 Å². The maximum atomic E-state index is 6.06. The van der Waals surface area contributed by atoms with Crippen molar-refractivity contribution in [1.29, 1.82) is 0 Å². The molecule has 0 atom stereocenters. The van der Waals surface area contributed by atoms with Gasteiger partial charge >= 0.3 is 0 Å². The van der Waals surface area contributed by atoms with Crippen molar-refractivity contribution < 1.29 is 9.47 Å². The van der Waals surface area contributed by atoms with E-state index in [2.05, 4.69) is 29.9 Å². The van der Waals surface area contributed by atoms with E-state index in [-0.39, 0.29) is 20.9 Å². The molecule has 5 aromatic rings. The van der Waals surface area contributed by atoms with Crippen LogP contribution in [0.3, 0.4) is 0 Å². The zero-order valence-corrected chi connectivity index (χ0v) is 22.5. The Morgan fingerprint density at radius 3 is 1.61 bits per heavy atom. The molecule has 4 aromatic heterocycles. The van der Waals surface area contributed by atoms with Crippen LogP contribution in [0, 0.1) is 0 Å². The van der Waals surface area contributed by atoms with E-state index in [1.807, 2.05) is 57.7 Å². The summed E-state index contributed by atoms with van der Waals surface area (Å²) in [5, 5.41) is 0.598. The molecule has 0 spiro atoms. The van der Waals surface area contributed by atoms with Gasteiger partial charge in [0.15, 0.2) is 21.6 Å². The van der Waals surface area contributed by atoms with Crippen LogP contribution in [0.4, 0.5) is 0 Å². The van der Waals surface area contributed by atoms with Gasteiger partial charge in [-0.05, 0) is 47.5 Å². The molecule has 0 aliphatic rings. The van der Waals surface area contributed by atoms with E-state index in [1.54, 1.807) is 12.7 Å². The van der Waals surface area contributed by atoms with Crippen molar-refractivity contribution in [2.24, 2.45) is 0 Å². The van der Waals surface area contributed by atoms with Crippen molar-refractivity contribution in [3.8, 4) is 11.5 Å². The molecule has 4 heterocycles. The van der Waals surface area contributed by atoms with Gasteiger partial charge in [-0.2, -0.15) is 9.97 Å². The van der Waals surface area contributed by atoms with Crippen LogP contribution in [0.1, 0.15) is 0 Å². The van der Waals surface area contributed by atoms with E-state index in [9.17, 15) is 0 Å². The molecule has 14 heteroatoms. The van der Waals surface area contributed by atoms with Crippen LogP contribution in [-0.2, 0) is 13.1 Å². The molecule has 0 saturated heterocycles. The largest absolute Gasteiger partial charge is 0.489 e. The molecule has 194 valence electrons.